The zero-order valence-corrected chi connectivity index (χ0v) is 12.7. The van der Waals surface area contributed by atoms with Gasteiger partial charge < -0.3 is 15.8 Å². The fraction of sp³-hybridized carbons (Fsp3) is 0.231. The number of nitrogens with two attached hydrogens (primary N) is 1. The van der Waals surface area contributed by atoms with Gasteiger partial charge in [-0.15, -0.1) is 0 Å². The van der Waals surface area contributed by atoms with E-state index in [1.54, 1.807) is 19.1 Å². The van der Waals surface area contributed by atoms with E-state index in [9.17, 15) is 4.39 Å². The molecule has 106 valence electrons. The molecule has 0 aliphatic heterocycles. The molecule has 1 aromatic heterocycles. The number of anilines is 2. The first-order valence-electron chi connectivity index (χ1n) is 5.87. The molecule has 0 spiro atoms. The van der Waals surface area contributed by atoms with Gasteiger partial charge in [0, 0.05) is 16.6 Å². The van der Waals surface area contributed by atoms with Crippen LogP contribution in [0.15, 0.2) is 22.7 Å². The quantitative estimate of drug-likeness (QED) is 0.895. The van der Waals surface area contributed by atoms with Gasteiger partial charge in [0.2, 0.25) is 0 Å². The molecule has 1 heterocycles. The summed E-state index contributed by atoms with van der Waals surface area (Å²) in [7, 11) is 1.47. The third-order valence-corrected chi connectivity index (χ3v) is 3.25. The average molecular weight is 341 g/mol. The lowest BCUT2D eigenvalue weighted by Gasteiger charge is -2.12. The predicted octanol–water partition coefficient (Wildman–Crippen LogP) is 2.89. The van der Waals surface area contributed by atoms with Gasteiger partial charge in [-0.3, -0.25) is 0 Å². The Kier molecular flexibility index (Phi) is 4.39. The van der Waals surface area contributed by atoms with Crippen molar-refractivity contribution in [3.8, 4) is 6.01 Å². The minimum atomic E-state index is -0.294. The molecule has 1 aromatic carbocycles. The maximum atomic E-state index is 13.6. The molecular formula is C13H14BrFN4O. The first-order chi connectivity index (χ1) is 9.51. The molecule has 0 fully saturated rings. The molecule has 20 heavy (non-hydrogen) atoms. The van der Waals surface area contributed by atoms with E-state index in [2.05, 4.69) is 31.2 Å². The minimum Gasteiger partial charge on any atom is -0.467 e. The zero-order chi connectivity index (χ0) is 14.7. The first-order valence-corrected chi connectivity index (χ1v) is 6.66. The third-order valence-electron chi connectivity index (χ3n) is 2.75. The maximum absolute atomic E-state index is 13.6. The number of nitrogen functional groups attached to an aromatic ring is 1. The van der Waals surface area contributed by atoms with Crippen LogP contribution in [0.25, 0.3) is 0 Å². The topological polar surface area (TPSA) is 73.1 Å². The van der Waals surface area contributed by atoms with Gasteiger partial charge in [0.25, 0.3) is 0 Å². The highest BCUT2D eigenvalue weighted by atomic mass is 79.9. The van der Waals surface area contributed by atoms with Gasteiger partial charge in [-0.1, -0.05) is 15.9 Å². The number of halogens is 2. The van der Waals surface area contributed by atoms with Crippen LogP contribution >= 0.6 is 15.9 Å². The summed E-state index contributed by atoms with van der Waals surface area (Å²) in [5.74, 6) is 0.130. The second-order valence-corrected chi connectivity index (χ2v) is 5.06. The molecule has 2 rings (SSSR count). The molecule has 3 N–H and O–H groups in total. The van der Waals surface area contributed by atoms with Crippen LogP contribution in [0.5, 0.6) is 6.01 Å². The second kappa shape index (κ2) is 6.04. The van der Waals surface area contributed by atoms with Crippen LogP contribution < -0.4 is 15.8 Å². The fourth-order valence-corrected chi connectivity index (χ4v) is 2.05. The monoisotopic (exact) mass is 340 g/mol. The van der Waals surface area contributed by atoms with Gasteiger partial charge >= 0.3 is 6.01 Å². The molecule has 2 aromatic rings. The number of hydrogen-bond donors (Lipinski definition) is 2. The maximum Gasteiger partial charge on any atom is 0.318 e. The lowest BCUT2D eigenvalue weighted by Crippen LogP contribution is -2.09. The number of rotatable bonds is 4. The van der Waals surface area contributed by atoms with E-state index >= 15 is 0 Å². The Morgan fingerprint density at radius 2 is 2.15 bits per heavy atom. The Hall–Kier alpha value is -1.89. The van der Waals surface area contributed by atoms with Crippen molar-refractivity contribution in [2.24, 2.45) is 0 Å². The lowest BCUT2D eigenvalue weighted by molar-refractivity contribution is 0.379. The van der Waals surface area contributed by atoms with E-state index in [1.807, 2.05) is 0 Å². The SMILES string of the molecule is COc1nc(C)c(N)c(NCc2cc(Br)ccc2F)n1. The van der Waals surface area contributed by atoms with Crippen molar-refractivity contribution in [3.63, 3.8) is 0 Å². The van der Waals surface area contributed by atoms with Crippen LogP contribution in [0.1, 0.15) is 11.3 Å². The number of ether oxygens (including phenoxy) is 1. The van der Waals surface area contributed by atoms with Crippen molar-refractivity contribution in [1.29, 1.82) is 0 Å². The molecule has 0 radical (unpaired) electrons. The Labute approximate surface area is 124 Å². The van der Waals surface area contributed by atoms with Crippen molar-refractivity contribution in [2.45, 2.75) is 13.5 Å². The zero-order valence-electron chi connectivity index (χ0n) is 11.1. The molecule has 7 heteroatoms. The summed E-state index contributed by atoms with van der Waals surface area (Å²) in [6.07, 6.45) is 0. The van der Waals surface area contributed by atoms with Crippen molar-refractivity contribution >= 4 is 27.4 Å². The van der Waals surface area contributed by atoms with Crippen molar-refractivity contribution in [1.82, 2.24) is 9.97 Å². The number of aromatic nitrogens is 2. The summed E-state index contributed by atoms with van der Waals surface area (Å²) in [5.41, 5.74) is 7.42. The van der Waals surface area contributed by atoms with Crippen LogP contribution in [0.2, 0.25) is 0 Å². The summed E-state index contributed by atoms with van der Waals surface area (Å²) < 4.78 is 19.4. The number of methoxy groups -OCH3 is 1. The van der Waals surface area contributed by atoms with E-state index < -0.39 is 0 Å². The van der Waals surface area contributed by atoms with Crippen molar-refractivity contribution in [3.05, 3.63) is 39.7 Å². The van der Waals surface area contributed by atoms with Crippen LogP contribution in [0, 0.1) is 12.7 Å². The van der Waals surface area contributed by atoms with Gasteiger partial charge in [-0.2, -0.15) is 9.97 Å². The molecule has 0 saturated heterocycles. The number of benzene rings is 1. The van der Waals surface area contributed by atoms with Gasteiger partial charge in [0.05, 0.1) is 18.5 Å². The molecule has 5 nitrogen and oxygen atoms in total. The summed E-state index contributed by atoms with van der Waals surface area (Å²) in [4.78, 5) is 8.17. The van der Waals surface area contributed by atoms with Gasteiger partial charge in [0.1, 0.15) is 5.82 Å². The van der Waals surface area contributed by atoms with E-state index in [0.717, 1.165) is 4.47 Å². The minimum absolute atomic E-state index is 0.217. The highest BCUT2D eigenvalue weighted by molar-refractivity contribution is 9.10. The Balaban J connectivity index is 2.22. The molecule has 0 atom stereocenters. The smallest absolute Gasteiger partial charge is 0.318 e. The largest absolute Gasteiger partial charge is 0.467 e. The Morgan fingerprint density at radius 1 is 1.40 bits per heavy atom. The summed E-state index contributed by atoms with van der Waals surface area (Å²) in [6.45, 7) is 2.01. The van der Waals surface area contributed by atoms with Crippen LogP contribution in [0.4, 0.5) is 15.9 Å². The Morgan fingerprint density at radius 3 is 2.85 bits per heavy atom. The second-order valence-electron chi connectivity index (χ2n) is 4.15. The van der Waals surface area contributed by atoms with Gasteiger partial charge in [-0.25, -0.2) is 4.39 Å². The van der Waals surface area contributed by atoms with Crippen LogP contribution in [0.3, 0.4) is 0 Å². The number of nitrogens with zero attached hydrogens (tertiary/aromatic N) is 2. The molecule has 0 saturated carbocycles. The predicted molar refractivity (Wildman–Crippen MR) is 79.2 cm³/mol. The lowest BCUT2D eigenvalue weighted by atomic mass is 10.2. The molecule has 0 unspecified atom stereocenters. The molecule has 0 aliphatic carbocycles. The summed E-state index contributed by atoms with van der Waals surface area (Å²) >= 11 is 3.31. The third kappa shape index (κ3) is 3.16. The van der Waals surface area contributed by atoms with E-state index in [0.29, 0.717) is 22.8 Å². The molecular weight excluding hydrogens is 327 g/mol. The normalized spacial score (nSPS) is 10.4. The summed E-state index contributed by atoms with van der Waals surface area (Å²) in [5, 5.41) is 3.00. The molecule has 0 bridgehead atoms. The fourth-order valence-electron chi connectivity index (χ4n) is 1.64. The average Bonchev–Trinajstić information content (AvgIpc) is 2.43. The van der Waals surface area contributed by atoms with E-state index in [1.165, 1.54) is 13.2 Å². The molecule has 0 amide bonds. The number of nitrogens with one attached hydrogen (secondary N) is 1. The standard InChI is InChI=1S/C13H14BrFN4O/c1-7-11(16)12(19-13(18-7)20-2)17-6-8-5-9(14)3-4-10(8)15/h3-5H,6,16H2,1-2H3,(H,17,18,19). The van der Waals surface area contributed by atoms with Crippen LogP contribution in [-0.2, 0) is 6.54 Å². The van der Waals surface area contributed by atoms with Crippen molar-refractivity contribution in [2.75, 3.05) is 18.2 Å². The molecule has 0 aliphatic rings. The highest BCUT2D eigenvalue weighted by Gasteiger charge is 2.10. The Bertz CT molecular complexity index is 636. The van der Waals surface area contributed by atoms with E-state index in [4.69, 9.17) is 10.5 Å². The van der Waals surface area contributed by atoms with Crippen LogP contribution in [-0.4, -0.2) is 17.1 Å². The highest BCUT2D eigenvalue weighted by Crippen LogP contribution is 2.23. The number of hydrogen-bond acceptors (Lipinski definition) is 5. The summed E-state index contributed by atoms with van der Waals surface area (Å²) in [6, 6.07) is 4.96. The van der Waals surface area contributed by atoms with Crippen molar-refractivity contribution < 1.29 is 9.13 Å². The van der Waals surface area contributed by atoms with Gasteiger partial charge in [-0.05, 0) is 25.1 Å². The van der Waals surface area contributed by atoms with E-state index in [-0.39, 0.29) is 18.4 Å². The number of aryl methyl sites for hydroxylation is 1. The van der Waals surface area contributed by atoms with Gasteiger partial charge in [0.15, 0.2) is 5.82 Å². The first kappa shape index (κ1) is 14.5.